The van der Waals surface area contributed by atoms with Gasteiger partial charge >= 0.3 is 0 Å². The summed E-state index contributed by atoms with van der Waals surface area (Å²) in [5.41, 5.74) is -0.288. The maximum Gasteiger partial charge on any atom is 0.288 e. The molecule has 2 aromatic rings. The van der Waals surface area contributed by atoms with Gasteiger partial charge in [0.25, 0.3) is 11.5 Å². The zero-order valence-electron chi connectivity index (χ0n) is 16.5. The van der Waals surface area contributed by atoms with Gasteiger partial charge in [-0.25, -0.2) is 4.98 Å². The molecular weight excluding hydrogens is 374 g/mol. The number of nitrogens with one attached hydrogen (secondary N) is 1. The fourth-order valence-corrected chi connectivity index (χ4v) is 5.18. The Morgan fingerprint density at radius 2 is 1.89 bits per heavy atom. The van der Waals surface area contributed by atoms with Crippen molar-refractivity contribution in [2.45, 2.75) is 70.8 Å². The van der Waals surface area contributed by atoms with E-state index >= 15 is 0 Å². The lowest BCUT2D eigenvalue weighted by Crippen LogP contribution is -2.39. The second-order valence-electron chi connectivity index (χ2n) is 8.26. The van der Waals surface area contributed by atoms with E-state index in [0.717, 1.165) is 50.3 Å². The van der Waals surface area contributed by atoms with Crippen molar-refractivity contribution in [1.29, 1.82) is 0 Å². The number of aromatic nitrogens is 3. The molecule has 28 heavy (non-hydrogen) atoms. The Bertz CT molecular complexity index is 884. The van der Waals surface area contributed by atoms with E-state index in [-0.39, 0.29) is 23.1 Å². The molecule has 2 aromatic heterocycles. The van der Waals surface area contributed by atoms with Crippen molar-refractivity contribution in [1.82, 2.24) is 19.9 Å². The molecule has 1 amide bonds. The predicted octanol–water partition coefficient (Wildman–Crippen LogP) is 3.23. The lowest BCUT2D eigenvalue weighted by atomic mass is 9.96. The van der Waals surface area contributed by atoms with Crippen LogP contribution in [0.5, 0.6) is 0 Å². The van der Waals surface area contributed by atoms with Gasteiger partial charge in [0, 0.05) is 25.3 Å². The van der Waals surface area contributed by atoms with E-state index in [2.05, 4.69) is 27.2 Å². The maximum atomic E-state index is 12.9. The van der Waals surface area contributed by atoms with Crippen molar-refractivity contribution >= 4 is 27.3 Å². The molecule has 2 aliphatic rings. The van der Waals surface area contributed by atoms with Crippen LogP contribution < -0.4 is 15.8 Å². The lowest BCUT2D eigenvalue weighted by molar-refractivity contribution is 0.0928. The third-order valence-corrected chi connectivity index (χ3v) is 6.87. The number of rotatable bonds is 3. The smallest absolute Gasteiger partial charge is 0.288 e. The highest BCUT2D eigenvalue weighted by atomic mass is 32.1. The summed E-state index contributed by atoms with van der Waals surface area (Å²) in [6, 6.07) is 0.147. The number of nitrogens with zero attached hydrogens (tertiary/aromatic N) is 4. The van der Waals surface area contributed by atoms with Crippen LogP contribution in [-0.2, 0) is 0 Å². The molecule has 4 rings (SSSR count). The van der Waals surface area contributed by atoms with Crippen LogP contribution in [0.15, 0.2) is 11.0 Å². The first kappa shape index (κ1) is 19.4. The summed E-state index contributed by atoms with van der Waals surface area (Å²) in [6.45, 7) is 4.14. The van der Waals surface area contributed by atoms with Gasteiger partial charge in [-0.2, -0.15) is 4.52 Å². The van der Waals surface area contributed by atoms with Crippen LogP contribution in [-0.4, -0.2) is 39.6 Å². The fourth-order valence-electron chi connectivity index (χ4n) is 4.29. The number of hydrogen-bond acceptors (Lipinski definition) is 6. The molecule has 0 aromatic carbocycles. The Morgan fingerprint density at radius 1 is 1.14 bits per heavy atom. The molecule has 1 atom stereocenters. The molecule has 0 bridgehead atoms. The minimum absolute atomic E-state index is 0.0865. The molecule has 0 radical (unpaired) electrons. The van der Waals surface area contributed by atoms with Gasteiger partial charge in [-0.3, -0.25) is 9.59 Å². The Labute approximate surface area is 169 Å². The standard InChI is InChI=1S/C20H29N5O2S/c1-14-8-7-11-24(13-14)20-23-25-18(27)16(12-21-19(25)28-20)17(26)22-15-9-5-3-2-4-6-10-15/h12,14-15H,2-11,13H2,1H3,(H,22,26)/t14-/m1/s1. The number of piperidine rings is 1. The SMILES string of the molecule is C[C@@H]1CCCN(c2nn3c(=O)c(C(=O)NC4CCCCCCC4)cnc3s2)C1. The summed E-state index contributed by atoms with van der Waals surface area (Å²) in [7, 11) is 0. The second kappa shape index (κ2) is 8.59. The monoisotopic (exact) mass is 403 g/mol. The molecule has 152 valence electrons. The van der Waals surface area contributed by atoms with Crippen molar-refractivity contribution in [3.8, 4) is 0 Å². The second-order valence-corrected chi connectivity index (χ2v) is 9.20. The minimum atomic E-state index is -0.374. The zero-order valence-corrected chi connectivity index (χ0v) is 17.3. The lowest BCUT2D eigenvalue weighted by Gasteiger charge is -2.30. The van der Waals surface area contributed by atoms with E-state index in [1.165, 1.54) is 47.7 Å². The van der Waals surface area contributed by atoms with Crippen molar-refractivity contribution in [3.05, 3.63) is 22.1 Å². The van der Waals surface area contributed by atoms with E-state index < -0.39 is 0 Å². The molecule has 0 unspecified atom stereocenters. The van der Waals surface area contributed by atoms with Gasteiger partial charge < -0.3 is 10.2 Å². The topological polar surface area (TPSA) is 79.6 Å². The summed E-state index contributed by atoms with van der Waals surface area (Å²) in [6.07, 6.45) is 11.7. The van der Waals surface area contributed by atoms with E-state index in [9.17, 15) is 9.59 Å². The van der Waals surface area contributed by atoms with Crippen LogP contribution >= 0.6 is 11.3 Å². The summed E-state index contributed by atoms with van der Waals surface area (Å²) in [4.78, 5) is 32.7. The third kappa shape index (κ3) is 4.21. The number of carbonyl (C=O) groups is 1. The minimum Gasteiger partial charge on any atom is -0.349 e. The molecule has 1 N–H and O–H groups in total. The van der Waals surface area contributed by atoms with Crippen LogP contribution in [0.3, 0.4) is 0 Å². The number of anilines is 1. The highest BCUT2D eigenvalue weighted by Gasteiger charge is 2.23. The van der Waals surface area contributed by atoms with Crippen molar-refractivity contribution in [3.63, 3.8) is 0 Å². The normalized spacial score (nSPS) is 22.0. The van der Waals surface area contributed by atoms with Crippen LogP contribution in [0.4, 0.5) is 5.13 Å². The Kier molecular flexibility index (Phi) is 5.94. The molecule has 8 heteroatoms. The first-order valence-corrected chi connectivity index (χ1v) is 11.4. The van der Waals surface area contributed by atoms with Crippen LogP contribution in [0, 0.1) is 5.92 Å². The number of carbonyl (C=O) groups excluding carboxylic acids is 1. The van der Waals surface area contributed by atoms with E-state index in [1.807, 2.05) is 0 Å². The summed E-state index contributed by atoms with van der Waals surface area (Å²) in [5, 5.41) is 8.36. The Balaban J connectivity index is 1.53. The van der Waals surface area contributed by atoms with E-state index in [0.29, 0.717) is 10.9 Å². The number of fused-ring (bicyclic) bond motifs is 1. The van der Waals surface area contributed by atoms with Crippen LogP contribution in [0.1, 0.15) is 75.1 Å². The largest absolute Gasteiger partial charge is 0.349 e. The van der Waals surface area contributed by atoms with Gasteiger partial charge in [-0.1, -0.05) is 50.4 Å². The van der Waals surface area contributed by atoms with Crippen molar-refractivity contribution < 1.29 is 4.79 Å². The first-order valence-electron chi connectivity index (χ1n) is 10.6. The molecule has 2 fully saturated rings. The molecule has 0 spiro atoms. The molecule has 1 saturated heterocycles. The molecule has 1 saturated carbocycles. The Hall–Kier alpha value is -1.96. The number of amides is 1. The summed E-state index contributed by atoms with van der Waals surface area (Å²) in [5.74, 6) is 0.300. The molecule has 1 aliphatic carbocycles. The van der Waals surface area contributed by atoms with Gasteiger partial charge in [-0.15, -0.1) is 5.10 Å². The quantitative estimate of drug-likeness (QED) is 0.851. The fraction of sp³-hybridized carbons (Fsp3) is 0.700. The summed E-state index contributed by atoms with van der Waals surface area (Å²) >= 11 is 1.42. The van der Waals surface area contributed by atoms with Crippen molar-refractivity contribution in [2.24, 2.45) is 5.92 Å². The van der Waals surface area contributed by atoms with Gasteiger partial charge in [-0.05, 0) is 31.6 Å². The van der Waals surface area contributed by atoms with Gasteiger partial charge in [0.15, 0.2) is 0 Å². The van der Waals surface area contributed by atoms with Gasteiger partial charge in [0.05, 0.1) is 0 Å². The van der Waals surface area contributed by atoms with Crippen LogP contribution in [0.25, 0.3) is 4.96 Å². The first-order chi connectivity index (χ1) is 13.6. The summed E-state index contributed by atoms with van der Waals surface area (Å²) < 4.78 is 1.30. The van der Waals surface area contributed by atoms with Crippen LogP contribution in [0.2, 0.25) is 0 Å². The number of hydrogen-bond donors (Lipinski definition) is 1. The van der Waals surface area contributed by atoms with Gasteiger partial charge in [0.2, 0.25) is 10.1 Å². The van der Waals surface area contributed by atoms with Gasteiger partial charge in [0.1, 0.15) is 5.56 Å². The molecule has 7 nitrogen and oxygen atoms in total. The third-order valence-electron chi connectivity index (χ3n) is 5.89. The molecule has 3 heterocycles. The average Bonchev–Trinajstić information content (AvgIpc) is 3.09. The molecular formula is C20H29N5O2S. The van der Waals surface area contributed by atoms with E-state index in [4.69, 9.17) is 0 Å². The predicted molar refractivity (Wildman–Crippen MR) is 111 cm³/mol. The zero-order chi connectivity index (χ0) is 19.5. The highest BCUT2D eigenvalue weighted by molar-refractivity contribution is 7.20. The van der Waals surface area contributed by atoms with E-state index in [1.54, 1.807) is 0 Å². The average molecular weight is 404 g/mol. The Morgan fingerprint density at radius 3 is 2.64 bits per heavy atom. The molecule has 1 aliphatic heterocycles. The van der Waals surface area contributed by atoms with Crippen molar-refractivity contribution in [2.75, 3.05) is 18.0 Å². The maximum absolute atomic E-state index is 12.9. The highest BCUT2D eigenvalue weighted by Crippen LogP contribution is 2.26.